The van der Waals surface area contributed by atoms with Crippen LogP contribution in [0, 0.1) is 0 Å². The molecular formula is C11H10BrNO3. The molecule has 16 heavy (non-hydrogen) atoms. The molecule has 1 aromatic heterocycles. The maximum Gasteiger partial charge on any atom is 0.339 e. The van der Waals surface area contributed by atoms with Gasteiger partial charge in [-0.3, -0.25) is 0 Å². The highest BCUT2D eigenvalue weighted by atomic mass is 79.9. The van der Waals surface area contributed by atoms with E-state index in [0.717, 1.165) is 15.4 Å². The van der Waals surface area contributed by atoms with Crippen LogP contribution < -0.4 is 0 Å². The molecule has 0 amide bonds. The highest BCUT2D eigenvalue weighted by Crippen LogP contribution is 2.26. The number of ether oxygens (including phenoxy) is 1. The Hall–Kier alpha value is -1.33. The van der Waals surface area contributed by atoms with Gasteiger partial charge < -0.3 is 14.8 Å². The molecule has 84 valence electrons. The summed E-state index contributed by atoms with van der Waals surface area (Å²) < 4.78 is 5.37. The van der Waals surface area contributed by atoms with Crippen LogP contribution in [0.5, 0.6) is 0 Å². The fourth-order valence-corrected chi connectivity index (χ4v) is 1.96. The molecule has 0 saturated carbocycles. The molecule has 5 heteroatoms. The van der Waals surface area contributed by atoms with E-state index in [1.54, 1.807) is 18.3 Å². The largest absolute Gasteiger partial charge is 0.467 e. The minimum Gasteiger partial charge on any atom is -0.467 e. The van der Waals surface area contributed by atoms with Crippen LogP contribution >= 0.6 is 15.9 Å². The lowest BCUT2D eigenvalue weighted by Gasteiger charge is -2.08. The van der Waals surface area contributed by atoms with Crippen molar-refractivity contribution in [1.82, 2.24) is 4.98 Å². The van der Waals surface area contributed by atoms with Crippen molar-refractivity contribution < 1.29 is 14.6 Å². The standard InChI is InChI=1S/C11H10BrNO3/c1-16-11(15)10(14)6-2-3-9-7(4-6)8(12)5-13-9/h2-5,10,13-14H,1H3. The Labute approximate surface area is 100 Å². The zero-order chi connectivity index (χ0) is 11.7. The van der Waals surface area contributed by atoms with Gasteiger partial charge >= 0.3 is 5.97 Å². The first-order valence-electron chi connectivity index (χ1n) is 4.66. The first kappa shape index (κ1) is 11.2. The quantitative estimate of drug-likeness (QED) is 0.830. The predicted molar refractivity (Wildman–Crippen MR) is 63.0 cm³/mol. The zero-order valence-corrected chi connectivity index (χ0v) is 10.1. The molecule has 0 fully saturated rings. The molecule has 0 bridgehead atoms. The van der Waals surface area contributed by atoms with Gasteiger partial charge in [0.25, 0.3) is 0 Å². The van der Waals surface area contributed by atoms with Gasteiger partial charge in [-0.1, -0.05) is 6.07 Å². The van der Waals surface area contributed by atoms with Crippen molar-refractivity contribution in [2.75, 3.05) is 7.11 Å². The number of benzene rings is 1. The summed E-state index contributed by atoms with van der Waals surface area (Å²) in [6.07, 6.45) is 0.565. The van der Waals surface area contributed by atoms with Crippen LogP contribution in [0.1, 0.15) is 11.7 Å². The van der Waals surface area contributed by atoms with E-state index in [1.807, 2.05) is 6.07 Å². The van der Waals surface area contributed by atoms with Crippen molar-refractivity contribution >= 4 is 32.8 Å². The number of rotatable bonds is 2. The van der Waals surface area contributed by atoms with Crippen LogP contribution in [0.3, 0.4) is 0 Å². The number of aromatic amines is 1. The van der Waals surface area contributed by atoms with E-state index in [0.29, 0.717) is 5.56 Å². The molecule has 0 saturated heterocycles. The molecular weight excluding hydrogens is 274 g/mol. The van der Waals surface area contributed by atoms with Gasteiger partial charge in [0.1, 0.15) is 0 Å². The number of halogens is 1. The number of carbonyl (C=O) groups excluding carboxylic acids is 1. The fraction of sp³-hybridized carbons (Fsp3) is 0.182. The number of esters is 1. The van der Waals surface area contributed by atoms with E-state index in [9.17, 15) is 9.90 Å². The van der Waals surface area contributed by atoms with E-state index < -0.39 is 12.1 Å². The third-order valence-corrected chi connectivity index (χ3v) is 3.05. The third-order valence-electron chi connectivity index (χ3n) is 2.40. The highest BCUT2D eigenvalue weighted by molar-refractivity contribution is 9.10. The monoisotopic (exact) mass is 283 g/mol. The smallest absolute Gasteiger partial charge is 0.339 e. The molecule has 1 unspecified atom stereocenters. The molecule has 1 heterocycles. The van der Waals surface area contributed by atoms with Crippen molar-refractivity contribution in [3.05, 3.63) is 34.4 Å². The van der Waals surface area contributed by atoms with E-state index in [4.69, 9.17) is 0 Å². The summed E-state index contributed by atoms with van der Waals surface area (Å²) in [5.74, 6) is -0.661. The Morgan fingerprint density at radius 1 is 1.56 bits per heavy atom. The molecule has 2 N–H and O–H groups in total. The number of hydrogen-bond acceptors (Lipinski definition) is 3. The summed E-state index contributed by atoms with van der Waals surface area (Å²) in [4.78, 5) is 14.2. The number of hydrogen-bond donors (Lipinski definition) is 2. The number of carbonyl (C=O) groups is 1. The van der Waals surface area contributed by atoms with Gasteiger partial charge in [-0.25, -0.2) is 4.79 Å². The highest BCUT2D eigenvalue weighted by Gasteiger charge is 2.18. The lowest BCUT2D eigenvalue weighted by molar-refractivity contribution is -0.150. The maximum absolute atomic E-state index is 11.2. The molecule has 1 aromatic carbocycles. The van der Waals surface area contributed by atoms with E-state index in [2.05, 4.69) is 25.7 Å². The fourth-order valence-electron chi connectivity index (χ4n) is 1.52. The van der Waals surface area contributed by atoms with Gasteiger partial charge in [0.2, 0.25) is 0 Å². The summed E-state index contributed by atoms with van der Waals surface area (Å²) in [5, 5.41) is 10.6. The van der Waals surface area contributed by atoms with Gasteiger partial charge in [0.05, 0.1) is 7.11 Å². The lowest BCUT2D eigenvalue weighted by atomic mass is 10.1. The van der Waals surface area contributed by atoms with E-state index >= 15 is 0 Å². The Morgan fingerprint density at radius 2 is 2.31 bits per heavy atom. The SMILES string of the molecule is COC(=O)C(O)c1ccc2[nH]cc(Br)c2c1. The van der Waals surface area contributed by atoms with Gasteiger partial charge in [-0.15, -0.1) is 0 Å². The first-order chi connectivity index (χ1) is 7.63. The Balaban J connectivity index is 2.45. The van der Waals surface area contributed by atoms with Crippen molar-refractivity contribution in [1.29, 1.82) is 0 Å². The molecule has 4 nitrogen and oxygen atoms in total. The number of aliphatic hydroxyl groups excluding tert-OH is 1. The van der Waals surface area contributed by atoms with Crippen LogP contribution in [0.25, 0.3) is 10.9 Å². The molecule has 0 aliphatic heterocycles. The Bertz CT molecular complexity index is 535. The molecule has 0 aliphatic rings. The minimum absolute atomic E-state index is 0.514. The second kappa shape index (κ2) is 4.27. The molecule has 2 aromatic rings. The van der Waals surface area contributed by atoms with Crippen molar-refractivity contribution in [3.63, 3.8) is 0 Å². The van der Waals surface area contributed by atoms with Crippen LogP contribution in [0.2, 0.25) is 0 Å². The van der Waals surface area contributed by atoms with Crippen molar-refractivity contribution in [2.24, 2.45) is 0 Å². The summed E-state index contributed by atoms with van der Waals surface area (Å²) in [6, 6.07) is 5.24. The molecule has 1 atom stereocenters. The normalized spacial score (nSPS) is 12.7. The lowest BCUT2D eigenvalue weighted by Crippen LogP contribution is -2.13. The Kier molecular flexibility index (Phi) is 2.98. The van der Waals surface area contributed by atoms with Crippen molar-refractivity contribution in [2.45, 2.75) is 6.10 Å². The minimum atomic E-state index is -1.24. The molecule has 0 aliphatic carbocycles. The number of aromatic nitrogens is 1. The van der Waals surface area contributed by atoms with Gasteiger partial charge in [-0.05, 0) is 33.6 Å². The number of nitrogens with one attached hydrogen (secondary N) is 1. The molecule has 2 rings (SSSR count). The summed E-state index contributed by atoms with van der Waals surface area (Å²) in [5.41, 5.74) is 1.45. The van der Waals surface area contributed by atoms with Crippen LogP contribution in [0.15, 0.2) is 28.9 Å². The number of H-pyrrole nitrogens is 1. The van der Waals surface area contributed by atoms with Gasteiger partial charge in [0, 0.05) is 21.6 Å². The zero-order valence-electron chi connectivity index (χ0n) is 8.53. The average Bonchev–Trinajstić information content (AvgIpc) is 2.68. The maximum atomic E-state index is 11.2. The Morgan fingerprint density at radius 3 is 3.00 bits per heavy atom. The average molecular weight is 284 g/mol. The van der Waals surface area contributed by atoms with Gasteiger partial charge in [0.15, 0.2) is 6.10 Å². The third kappa shape index (κ3) is 1.83. The van der Waals surface area contributed by atoms with Crippen LogP contribution in [-0.4, -0.2) is 23.2 Å². The topological polar surface area (TPSA) is 62.3 Å². The second-order valence-electron chi connectivity index (χ2n) is 3.37. The summed E-state index contributed by atoms with van der Waals surface area (Å²) >= 11 is 3.38. The van der Waals surface area contributed by atoms with Gasteiger partial charge in [-0.2, -0.15) is 0 Å². The van der Waals surface area contributed by atoms with E-state index in [-0.39, 0.29) is 0 Å². The summed E-state index contributed by atoms with van der Waals surface area (Å²) in [6.45, 7) is 0. The first-order valence-corrected chi connectivity index (χ1v) is 5.45. The van der Waals surface area contributed by atoms with E-state index in [1.165, 1.54) is 7.11 Å². The van der Waals surface area contributed by atoms with Crippen LogP contribution in [-0.2, 0) is 9.53 Å². The van der Waals surface area contributed by atoms with Crippen molar-refractivity contribution in [3.8, 4) is 0 Å². The molecule has 0 radical (unpaired) electrons. The number of methoxy groups -OCH3 is 1. The van der Waals surface area contributed by atoms with Crippen LogP contribution in [0.4, 0.5) is 0 Å². The summed E-state index contributed by atoms with van der Waals surface area (Å²) in [7, 11) is 1.25. The number of fused-ring (bicyclic) bond motifs is 1. The molecule has 0 spiro atoms. The predicted octanol–water partition coefficient (Wildman–Crippen LogP) is 2.14. The second-order valence-corrected chi connectivity index (χ2v) is 4.22. The number of aliphatic hydroxyl groups is 1.